The van der Waals surface area contributed by atoms with Gasteiger partial charge in [0.1, 0.15) is 46.4 Å². The first kappa shape index (κ1) is 75.5. The molecule has 3 aromatic carbocycles. The Bertz CT molecular complexity index is 4150. The van der Waals surface area contributed by atoms with Gasteiger partial charge in [-0.25, -0.2) is 4.79 Å². The van der Waals surface area contributed by atoms with Crippen LogP contribution in [-0.2, 0) is 52.3 Å². The third kappa shape index (κ3) is 18.1. The van der Waals surface area contributed by atoms with Gasteiger partial charge in [0, 0.05) is 85.8 Å². The molecule has 7 aromatic rings. The summed E-state index contributed by atoms with van der Waals surface area (Å²) in [5.41, 5.74) is 7.13. The van der Waals surface area contributed by atoms with Crippen molar-refractivity contribution in [1.29, 1.82) is 0 Å². The van der Waals surface area contributed by atoms with Gasteiger partial charge in [0.2, 0.25) is 23.6 Å². The third-order valence-electron chi connectivity index (χ3n) is 17.7. The van der Waals surface area contributed by atoms with E-state index in [4.69, 9.17) is 66.3 Å². The number of hydrogen-bond donors (Lipinski definition) is 5. The number of halogens is 2. The first-order valence-electron chi connectivity index (χ1n) is 33.9. The molecule has 5 N–H and O–H groups in total. The summed E-state index contributed by atoms with van der Waals surface area (Å²) in [7, 11) is 0. The predicted octanol–water partition coefficient (Wildman–Crippen LogP) is 7.97. The van der Waals surface area contributed by atoms with Gasteiger partial charge in [0.15, 0.2) is 11.6 Å². The number of nitrogens with one attached hydrogen (secondary N) is 5. The molecule has 4 aliphatic heterocycles. The number of ether oxygens (including phenoxy) is 7. The number of alkyl carbamates (subject to hydrolysis) is 1. The molecule has 7 amide bonds. The fourth-order valence-electron chi connectivity index (χ4n) is 12.2. The van der Waals surface area contributed by atoms with Gasteiger partial charge in [-0.2, -0.15) is 0 Å². The van der Waals surface area contributed by atoms with E-state index in [2.05, 4.69) is 74.7 Å². The normalized spacial score (nSPS) is 16.2. The first-order chi connectivity index (χ1) is 49.7. The molecule has 11 rings (SSSR count). The highest BCUT2D eigenvalue weighted by atomic mass is 35.5. The monoisotopic (exact) mass is 1490 g/mol. The van der Waals surface area contributed by atoms with Crippen LogP contribution in [0.15, 0.2) is 76.7 Å². The smallest absolute Gasteiger partial charge is 0.407 e. The molecule has 103 heavy (non-hydrogen) atoms. The van der Waals surface area contributed by atoms with Crippen molar-refractivity contribution in [1.82, 2.24) is 55.7 Å². The topological polar surface area (TPSA) is 334 Å². The molecule has 1 fully saturated rings. The van der Waals surface area contributed by atoms with Gasteiger partial charge in [-0.15, -0.1) is 43.1 Å². The van der Waals surface area contributed by atoms with Crippen LogP contribution in [0.5, 0.6) is 0 Å². The minimum Gasteiger partial charge on any atom is -0.449 e. The molecule has 0 saturated carbocycles. The average Bonchev–Trinajstić information content (AvgIpc) is 1.60. The number of carbonyl (C=O) groups is 7. The number of aromatic nitrogens is 6. The van der Waals surface area contributed by atoms with E-state index < -0.39 is 53.3 Å². The number of amides is 7. The molecule has 1 unspecified atom stereocenters. The zero-order valence-electron chi connectivity index (χ0n) is 58.2. The molecular weight excluding hydrogens is 1410 g/mol. The van der Waals surface area contributed by atoms with Gasteiger partial charge in [0.25, 0.3) is 11.8 Å². The molecule has 28 nitrogen and oxygen atoms in total. The summed E-state index contributed by atoms with van der Waals surface area (Å²) in [4.78, 5) is 105. The van der Waals surface area contributed by atoms with Crippen LogP contribution < -0.4 is 26.6 Å². The average molecular weight is 1490 g/mol. The van der Waals surface area contributed by atoms with E-state index in [0.29, 0.717) is 39.0 Å². The number of nitrogens with zero attached hydrogens (tertiary/aromatic N) is 9. The van der Waals surface area contributed by atoms with E-state index in [1.54, 1.807) is 34.8 Å². The quantitative estimate of drug-likeness (QED) is 0.0186. The van der Waals surface area contributed by atoms with Gasteiger partial charge < -0.3 is 54.4 Å². The van der Waals surface area contributed by atoms with Gasteiger partial charge in [0.05, 0.1) is 115 Å². The van der Waals surface area contributed by atoms with E-state index in [1.807, 2.05) is 78.4 Å². The molecular formula is C71H82Cl2N14O14S2. The second kappa shape index (κ2) is 34.7. The van der Waals surface area contributed by atoms with Crippen molar-refractivity contribution in [2.24, 2.45) is 15.4 Å². The Balaban J connectivity index is 0.600. The Morgan fingerprint density at radius 3 is 1.52 bits per heavy atom. The Labute approximate surface area is 612 Å². The van der Waals surface area contributed by atoms with Crippen LogP contribution in [0.3, 0.4) is 0 Å². The summed E-state index contributed by atoms with van der Waals surface area (Å²) in [6.45, 7) is 17.1. The number of imide groups is 2. The van der Waals surface area contributed by atoms with Crippen LogP contribution in [0, 0.1) is 47.0 Å². The molecule has 1 saturated heterocycles. The van der Waals surface area contributed by atoms with Crippen LogP contribution in [0.1, 0.15) is 132 Å². The first-order valence-corrected chi connectivity index (χ1v) is 36.3. The molecule has 3 atom stereocenters. The highest BCUT2D eigenvalue weighted by molar-refractivity contribution is 7.15. The maximum absolute atomic E-state index is 13.6. The summed E-state index contributed by atoms with van der Waals surface area (Å²) in [5.74, 6) is -0.357. The second-order valence-electron chi connectivity index (χ2n) is 25.4. The lowest BCUT2D eigenvalue weighted by Gasteiger charge is -2.28. The molecule has 4 aromatic heterocycles. The lowest BCUT2D eigenvalue weighted by Crippen LogP contribution is -2.54. The van der Waals surface area contributed by atoms with Crippen LogP contribution in [0.2, 0.25) is 10.0 Å². The Kier molecular flexibility index (Phi) is 25.4. The van der Waals surface area contributed by atoms with Crippen molar-refractivity contribution in [3.63, 3.8) is 0 Å². The van der Waals surface area contributed by atoms with E-state index in [9.17, 15) is 33.6 Å². The number of piperidine rings is 1. The number of aliphatic imine (C=N–C) groups is 2. The second-order valence-corrected chi connectivity index (χ2v) is 28.7. The van der Waals surface area contributed by atoms with Crippen LogP contribution >= 0.6 is 45.9 Å². The zero-order chi connectivity index (χ0) is 72.9. The summed E-state index contributed by atoms with van der Waals surface area (Å²) in [6.07, 6.45) is -0.640. The summed E-state index contributed by atoms with van der Waals surface area (Å²) < 4.78 is 45.0. The maximum atomic E-state index is 13.6. The number of thiophene rings is 2. The summed E-state index contributed by atoms with van der Waals surface area (Å²) in [6, 6.07) is 17.4. The molecule has 0 spiro atoms. The van der Waals surface area contributed by atoms with Crippen LogP contribution in [0.4, 0.5) is 10.5 Å². The van der Waals surface area contributed by atoms with Gasteiger partial charge in [-0.05, 0) is 95.5 Å². The summed E-state index contributed by atoms with van der Waals surface area (Å²) in [5, 5.41) is 34.8. The molecule has 8 heterocycles. The largest absolute Gasteiger partial charge is 0.449 e. The predicted molar refractivity (Wildman–Crippen MR) is 386 cm³/mol. The van der Waals surface area contributed by atoms with Crippen molar-refractivity contribution in [2.45, 2.75) is 92.3 Å². The zero-order valence-corrected chi connectivity index (χ0v) is 61.4. The van der Waals surface area contributed by atoms with Crippen molar-refractivity contribution >= 4 is 105 Å². The molecule has 4 aliphatic rings. The van der Waals surface area contributed by atoms with E-state index in [1.165, 1.54) is 6.07 Å². The molecule has 0 radical (unpaired) electrons. The number of benzene rings is 3. The molecule has 0 aliphatic carbocycles. The highest BCUT2D eigenvalue weighted by Gasteiger charge is 2.46. The van der Waals surface area contributed by atoms with Crippen LogP contribution in [-0.4, -0.2) is 205 Å². The van der Waals surface area contributed by atoms with E-state index in [-0.39, 0.29) is 161 Å². The fourth-order valence-corrected chi connectivity index (χ4v) is 14.9. The van der Waals surface area contributed by atoms with Gasteiger partial charge >= 0.3 is 6.09 Å². The standard InChI is InChI=1S/C71H82Cl2N14O14S2/c1-40-42(3)102-68-58(40)61(46-11-15-48(72)16-12-46)78-52(63-83-81-44(5)85(63)68)35-56(89)75-23-25-95-27-29-97-31-33-99-37-71(7,39-101-70(94)77-22-21-74-51-10-8-9-50-60(51)67(93)87(66(50)92)54-19-20-55(88)80-65(54)91)38-100-34-32-98-30-28-96-26-24-76-57(90)36-53-64-84-82-45(6)86(64)69-59(41(2)43(4)103-69)62(79-53)47-13-17-49(73)18-14-47/h8-18,52-54,74H,19-39H2,1-7H3,(H,75,89)(H,76,90)(H,77,94)(H,80,88,91)/t52-,53-,54?/m0/s1. The Morgan fingerprint density at radius 2 is 1.04 bits per heavy atom. The van der Waals surface area contributed by atoms with Crippen molar-refractivity contribution in [3.05, 3.63) is 154 Å². The number of fused-ring (bicyclic) bond motifs is 7. The molecule has 546 valence electrons. The van der Waals surface area contributed by atoms with Gasteiger partial charge in [-0.3, -0.25) is 58.1 Å². The van der Waals surface area contributed by atoms with E-state index >= 15 is 0 Å². The number of carbonyl (C=O) groups excluding carboxylic acids is 7. The molecule has 32 heteroatoms. The SMILES string of the molecule is Cc1sc2c(c1C)C(c1ccc(Cl)cc1)=N[C@@H](CC(=O)NCCOCCOCCOCC(C)(COCCOCCOCCNC(=O)C[C@@H]1N=C(c3ccc(Cl)cc3)c3c(sc(C)c3C)-n3c(C)nnc31)COC(=O)NCCNc1cccc3c1C(=O)N(C1CCC(=O)NC1=O)C3=O)c1nnc(C)n1-2. The third-order valence-corrected chi connectivity index (χ3v) is 20.6. The lowest BCUT2D eigenvalue weighted by molar-refractivity contribution is -0.136. The van der Waals surface area contributed by atoms with Crippen LogP contribution in [0.25, 0.3) is 10.0 Å². The fraction of sp³-hybridized carbons (Fsp3) is 0.451. The Morgan fingerprint density at radius 1 is 0.563 bits per heavy atom. The minimum absolute atomic E-state index is 0.00725. The molecule has 0 bridgehead atoms. The maximum Gasteiger partial charge on any atom is 0.407 e. The minimum atomic E-state index is -1.12. The highest BCUT2D eigenvalue weighted by Crippen LogP contribution is 2.42. The van der Waals surface area contributed by atoms with Crippen molar-refractivity contribution in [3.8, 4) is 10.0 Å². The lowest BCUT2D eigenvalue weighted by atomic mass is 9.94. The Hall–Kier alpha value is -8.69. The summed E-state index contributed by atoms with van der Waals surface area (Å²) >= 11 is 15.8. The number of rotatable bonds is 35. The number of anilines is 1. The van der Waals surface area contributed by atoms with Gasteiger partial charge in [-0.1, -0.05) is 60.5 Å². The number of aryl methyl sites for hydroxylation is 4. The number of hydrogen-bond acceptors (Lipinski definition) is 23. The van der Waals surface area contributed by atoms with Crippen molar-refractivity contribution < 1.29 is 66.7 Å². The van der Waals surface area contributed by atoms with E-state index in [0.717, 1.165) is 69.5 Å². The van der Waals surface area contributed by atoms with Crippen molar-refractivity contribution in [2.75, 3.05) is 117 Å².